The van der Waals surface area contributed by atoms with Gasteiger partial charge in [-0.15, -0.1) is 0 Å². The second-order valence-corrected chi connectivity index (χ2v) is 5.81. The van der Waals surface area contributed by atoms with Gasteiger partial charge in [0.15, 0.2) is 0 Å². The van der Waals surface area contributed by atoms with Gasteiger partial charge in [-0.05, 0) is 37.8 Å². The molecule has 5 nitrogen and oxygen atoms in total. The first-order chi connectivity index (χ1) is 10.6. The van der Waals surface area contributed by atoms with E-state index in [2.05, 4.69) is 11.0 Å². The van der Waals surface area contributed by atoms with Crippen LogP contribution in [0.5, 0.6) is 5.75 Å². The molecule has 0 bridgehead atoms. The molecule has 0 spiro atoms. The Morgan fingerprint density at radius 1 is 1.41 bits per heavy atom. The molecule has 0 amide bonds. The number of ether oxygens (including phenoxy) is 2. The normalized spacial score (nSPS) is 21.5. The third-order valence-electron chi connectivity index (χ3n) is 4.05. The van der Waals surface area contributed by atoms with Crippen molar-refractivity contribution in [1.82, 2.24) is 0 Å². The van der Waals surface area contributed by atoms with Crippen LogP contribution in [0.4, 0.5) is 5.69 Å². The average Bonchev–Trinajstić information content (AvgIpc) is 2.53. The first kappa shape index (κ1) is 16.6. The van der Waals surface area contributed by atoms with Crippen molar-refractivity contribution >= 4 is 11.7 Å². The number of rotatable bonds is 6. The summed E-state index contributed by atoms with van der Waals surface area (Å²) in [5, 5.41) is 0. The molecule has 0 aliphatic carbocycles. The Bertz CT molecular complexity index is 493. The summed E-state index contributed by atoms with van der Waals surface area (Å²) in [6.45, 7) is 4.03. The third-order valence-corrected chi connectivity index (χ3v) is 4.05. The van der Waals surface area contributed by atoms with Crippen LogP contribution in [0.1, 0.15) is 26.2 Å². The summed E-state index contributed by atoms with van der Waals surface area (Å²) in [5.41, 5.74) is 7.32. The maximum Gasteiger partial charge on any atom is 0.305 e. The minimum atomic E-state index is -0.116. The van der Waals surface area contributed by atoms with Crippen molar-refractivity contribution in [3.05, 3.63) is 24.3 Å². The highest BCUT2D eigenvalue weighted by molar-refractivity contribution is 5.69. The number of piperidine rings is 1. The van der Waals surface area contributed by atoms with Gasteiger partial charge in [0.1, 0.15) is 5.75 Å². The zero-order chi connectivity index (χ0) is 15.9. The number of hydrogen-bond donors (Lipinski definition) is 1. The number of hydrogen-bond acceptors (Lipinski definition) is 5. The standard InChI is InChI=1S/C17H26N2O3/c1-3-22-17(20)8-7-13-9-14(18)12-19(11-13)15-5-4-6-16(10-15)21-2/h4-6,10,13-14H,3,7-9,11-12,18H2,1-2H3. The lowest BCUT2D eigenvalue weighted by Gasteiger charge is -2.38. The number of nitrogens with zero attached hydrogens (tertiary/aromatic N) is 1. The molecule has 1 aromatic carbocycles. The molecule has 122 valence electrons. The molecule has 1 fully saturated rings. The van der Waals surface area contributed by atoms with Gasteiger partial charge in [0.2, 0.25) is 0 Å². The summed E-state index contributed by atoms with van der Waals surface area (Å²) in [6.07, 6.45) is 2.25. The molecule has 2 rings (SSSR count). The number of nitrogens with two attached hydrogens (primary N) is 1. The third kappa shape index (κ3) is 4.63. The largest absolute Gasteiger partial charge is 0.497 e. The number of carbonyl (C=O) groups excluding carboxylic acids is 1. The quantitative estimate of drug-likeness (QED) is 0.816. The zero-order valence-electron chi connectivity index (χ0n) is 13.5. The molecule has 22 heavy (non-hydrogen) atoms. The van der Waals surface area contributed by atoms with E-state index >= 15 is 0 Å². The van der Waals surface area contributed by atoms with Gasteiger partial charge < -0.3 is 20.1 Å². The van der Waals surface area contributed by atoms with Crippen LogP contribution in [0.15, 0.2) is 24.3 Å². The van der Waals surface area contributed by atoms with Gasteiger partial charge >= 0.3 is 5.97 Å². The SMILES string of the molecule is CCOC(=O)CCC1CC(N)CN(c2cccc(OC)c2)C1. The summed E-state index contributed by atoms with van der Waals surface area (Å²) in [4.78, 5) is 13.8. The minimum absolute atomic E-state index is 0.116. The first-order valence-electron chi connectivity index (χ1n) is 7.92. The fourth-order valence-corrected chi connectivity index (χ4v) is 3.03. The van der Waals surface area contributed by atoms with Crippen LogP contribution in [0.3, 0.4) is 0 Å². The Kier molecular flexibility index (Phi) is 6.07. The van der Waals surface area contributed by atoms with Gasteiger partial charge in [-0.2, -0.15) is 0 Å². The topological polar surface area (TPSA) is 64.8 Å². The summed E-state index contributed by atoms with van der Waals surface area (Å²) >= 11 is 0. The zero-order valence-corrected chi connectivity index (χ0v) is 13.5. The fourth-order valence-electron chi connectivity index (χ4n) is 3.03. The van der Waals surface area contributed by atoms with Crippen molar-refractivity contribution in [3.63, 3.8) is 0 Å². The molecule has 2 atom stereocenters. The summed E-state index contributed by atoms with van der Waals surface area (Å²) in [5.74, 6) is 1.15. The predicted octanol–water partition coefficient (Wildman–Crippen LogP) is 2.19. The number of methoxy groups -OCH3 is 1. The van der Waals surface area contributed by atoms with Gasteiger partial charge in [0, 0.05) is 37.3 Å². The van der Waals surface area contributed by atoms with Crippen LogP contribution in [-0.2, 0) is 9.53 Å². The van der Waals surface area contributed by atoms with Crippen molar-refractivity contribution in [1.29, 1.82) is 0 Å². The Labute approximate surface area is 132 Å². The van der Waals surface area contributed by atoms with Crippen molar-refractivity contribution in [2.45, 2.75) is 32.2 Å². The Morgan fingerprint density at radius 2 is 2.23 bits per heavy atom. The van der Waals surface area contributed by atoms with Gasteiger partial charge in [-0.1, -0.05) is 6.07 Å². The van der Waals surface area contributed by atoms with Crippen LogP contribution < -0.4 is 15.4 Å². The molecule has 0 saturated carbocycles. The van der Waals surface area contributed by atoms with E-state index in [4.69, 9.17) is 15.2 Å². The van der Waals surface area contributed by atoms with E-state index < -0.39 is 0 Å². The van der Waals surface area contributed by atoms with E-state index in [0.717, 1.165) is 37.4 Å². The van der Waals surface area contributed by atoms with Gasteiger partial charge in [-0.25, -0.2) is 0 Å². The van der Waals surface area contributed by atoms with E-state index in [1.54, 1.807) is 7.11 Å². The van der Waals surface area contributed by atoms with Gasteiger partial charge in [0.05, 0.1) is 13.7 Å². The Morgan fingerprint density at radius 3 is 2.95 bits per heavy atom. The number of anilines is 1. The number of esters is 1. The smallest absolute Gasteiger partial charge is 0.305 e. The second kappa shape index (κ2) is 8.03. The van der Waals surface area contributed by atoms with Crippen LogP contribution >= 0.6 is 0 Å². The number of benzene rings is 1. The fraction of sp³-hybridized carbons (Fsp3) is 0.588. The van der Waals surface area contributed by atoms with Crippen molar-refractivity contribution < 1.29 is 14.3 Å². The van der Waals surface area contributed by atoms with Crippen LogP contribution in [0.2, 0.25) is 0 Å². The van der Waals surface area contributed by atoms with Crippen molar-refractivity contribution in [2.75, 3.05) is 31.7 Å². The Balaban J connectivity index is 1.96. The molecular weight excluding hydrogens is 280 g/mol. The number of carbonyl (C=O) groups is 1. The molecular formula is C17H26N2O3. The highest BCUT2D eigenvalue weighted by Gasteiger charge is 2.26. The predicted molar refractivity (Wildman–Crippen MR) is 87.2 cm³/mol. The lowest BCUT2D eigenvalue weighted by atomic mass is 9.90. The molecule has 1 saturated heterocycles. The summed E-state index contributed by atoms with van der Waals surface area (Å²) < 4.78 is 10.3. The van der Waals surface area contributed by atoms with Gasteiger partial charge in [-0.3, -0.25) is 4.79 Å². The van der Waals surface area contributed by atoms with Gasteiger partial charge in [0.25, 0.3) is 0 Å². The van der Waals surface area contributed by atoms with Crippen LogP contribution in [-0.4, -0.2) is 38.8 Å². The molecule has 0 radical (unpaired) electrons. The lowest BCUT2D eigenvalue weighted by molar-refractivity contribution is -0.143. The highest BCUT2D eigenvalue weighted by Crippen LogP contribution is 2.27. The minimum Gasteiger partial charge on any atom is -0.497 e. The average molecular weight is 306 g/mol. The maximum absolute atomic E-state index is 11.5. The highest BCUT2D eigenvalue weighted by atomic mass is 16.5. The van der Waals surface area contributed by atoms with E-state index in [9.17, 15) is 4.79 Å². The monoisotopic (exact) mass is 306 g/mol. The summed E-state index contributed by atoms with van der Waals surface area (Å²) in [7, 11) is 1.67. The van der Waals surface area contributed by atoms with E-state index in [1.165, 1.54) is 0 Å². The second-order valence-electron chi connectivity index (χ2n) is 5.81. The maximum atomic E-state index is 11.5. The van der Waals surface area contributed by atoms with Crippen molar-refractivity contribution in [2.24, 2.45) is 11.7 Å². The molecule has 2 N–H and O–H groups in total. The van der Waals surface area contributed by atoms with E-state index in [1.807, 2.05) is 25.1 Å². The molecule has 5 heteroatoms. The van der Waals surface area contributed by atoms with Crippen LogP contribution in [0, 0.1) is 5.92 Å². The van der Waals surface area contributed by atoms with Crippen molar-refractivity contribution in [3.8, 4) is 5.75 Å². The molecule has 2 unspecified atom stereocenters. The summed E-state index contributed by atoms with van der Waals surface area (Å²) in [6, 6.07) is 8.16. The molecule has 1 aliphatic rings. The van der Waals surface area contributed by atoms with E-state index in [-0.39, 0.29) is 12.0 Å². The first-order valence-corrected chi connectivity index (χ1v) is 7.92. The molecule has 1 aliphatic heterocycles. The molecule has 1 heterocycles. The lowest BCUT2D eigenvalue weighted by Crippen LogP contribution is -2.47. The molecule has 1 aromatic rings. The molecule has 0 aromatic heterocycles. The Hall–Kier alpha value is -1.75. The van der Waals surface area contributed by atoms with Crippen LogP contribution in [0.25, 0.3) is 0 Å². The van der Waals surface area contributed by atoms with E-state index in [0.29, 0.717) is 18.9 Å².